The molecule has 1 aliphatic rings. The molecule has 1 unspecified atom stereocenters. The molecule has 0 radical (unpaired) electrons. The maximum Gasteiger partial charge on any atom is 0.239 e. The van der Waals surface area contributed by atoms with Crippen LogP contribution in [0.2, 0.25) is 0 Å². The number of nitrogens with zero attached hydrogens (tertiary/aromatic N) is 3. The zero-order valence-corrected chi connectivity index (χ0v) is 11.6. The van der Waals surface area contributed by atoms with E-state index in [4.69, 9.17) is 9.78 Å². The lowest BCUT2D eigenvalue weighted by Gasteiger charge is -2.21. The van der Waals surface area contributed by atoms with E-state index in [1.165, 1.54) is 0 Å². The van der Waals surface area contributed by atoms with Crippen molar-refractivity contribution in [3.63, 3.8) is 0 Å². The first-order valence-corrected chi connectivity index (χ1v) is 7.11. The van der Waals surface area contributed by atoms with Crippen LogP contribution in [0.4, 0.5) is 5.82 Å². The Balaban J connectivity index is 1.95. The molecule has 0 saturated carbocycles. The fourth-order valence-electron chi connectivity index (χ4n) is 2.11. The molecule has 0 aliphatic carbocycles. The number of amides is 1. The summed E-state index contributed by atoms with van der Waals surface area (Å²) in [7, 11) is 0. The van der Waals surface area contributed by atoms with Gasteiger partial charge in [0.15, 0.2) is 5.82 Å². The number of benzene rings is 1. The van der Waals surface area contributed by atoms with Crippen LogP contribution in [0, 0.1) is 18.3 Å². The molecule has 1 fully saturated rings. The van der Waals surface area contributed by atoms with Crippen LogP contribution in [0.5, 0.6) is 0 Å². The Morgan fingerprint density at radius 2 is 2.20 bits per heavy atom. The third-order valence-electron chi connectivity index (χ3n) is 3.06. The molecular weight excluding hydrogens is 274 g/mol. The van der Waals surface area contributed by atoms with Crippen molar-refractivity contribution in [1.82, 2.24) is 5.16 Å². The van der Waals surface area contributed by atoms with Crippen molar-refractivity contribution in [2.75, 3.05) is 10.7 Å². The van der Waals surface area contributed by atoms with Crippen LogP contribution >= 0.6 is 11.8 Å². The van der Waals surface area contributed by atoms with Gasteiger partial charge in [-0.25, -0.2) is 0 Å². The van der Waals surface area contributed by atoms with E-state index in [-0.39, 0.29) is 11.3 Å². The second-order valence-electron chi connectivity index (χ2n) is 4.46. The molecule has 1 aromatic carbocycles. The van der Waals surface area contributed by atoms with Crippen LogP contribution < -0.4 is 4.90 Å². The van der Waals surface area contributed by atoms with Crippen molar-refractivity contribution in [1.29, 1.82) is 5.26 Å². The van der Waals surface area contributed by atoms with E-state index >= 15 is 0 Å². The second-order valence-corrected chi connectivity index (χ2v) is 5.53. The van der Waals surface area contributed by atoms with Gasteiger partial charge in [0.05, 0.1) is 17.4 Å². The van der Waals surface area contributed by atoms with E-state index in [2.05, 4.69) is 11.2 Å². The Kier molecular flexibility index (Phi) is 3.20. The molecule has 0 spiro atoms. The number of nitriles is 1. The number of thioether (sulfide) groups is 1. The van der Waals surface area contributed by atoms with Crippen LogP contribution in [0.25, 0.3) is 0 Å². The Morgan fingerprint density at radius 3 is 2.80 bits per heavy atom. The van der Waals surface area contributed by atoms with E-state index in [0.29, 0.717) is 22.9 Å². The van der Waals surface area contributed by atoms with Gasteiger partial charge >= 0.3 is 0 Å². The molecule has 1 atom stereocenters. The smallest absolute Gasteiger partial charge is 0.239 e. The van der Waals surface area contributed by atoms with Crippen molar-refractivity contribution < 1.29 is 9.32 Å². The predicted molar refractivity (Wildman–Crippen MR) is 75.1 cm³/mol. The summed E-state index contributed by atoms with van der Waals surface area (Å²) >= 11 is 1.54. The quantitative estimate of drug-likeness (QED) is 0.848. The van der Waals surface area contributed by atoms with Gasteiger partial charge in [0, 0.05) is 6.07 Å². The van der Waals surface area contributed by atoms with E-state index in [1.54, 1.807) is 41.8 Å². The van der Waals surface area contributed by atoms with Crippen LogP contribution in [0.1, 0.15) is 22.3 Å². The molecule has 0 bridgehead atoms. The third kappa shape index (κ3) is 2.17. The second kappa shape index (κ2) is 5.02. The summed E-state index contributed by atoms with van der Waals surface area (Å²) in [5.41, 5.74) is 1.58. The Hall–Kier alpha value is -2.26. The highest BCUT2D eigenvalue weighted by Gasteiger charge is 2.35. The van der Waals surface area contributed by atoms with Gasteiger partial charge in [0.1, 0.15) is 11.1 Å². The molecule has 1 amide bonds. The standard InChI is InChI=1S/C14H11N3O2S/c1-9-6-12(16-19-9)17-13(18)8-20-14(17)11-4-2-10(7-15)3-5-11/h2-6,14H,8H2,1H3. The summed E-state index contributed by atoms with van der Waals surface area (Å²) in [5.74, 6) is 1.63. The number of hydrogen-bond acceptors (Lipinski definition) is 5. The molecule has 1 saturated heterocycles. The minimum absolute atomic E-state index is 0.0117. The predicted octanol–water partition coefficient (Wildman–Crippen LogP) is 2.63. The average Bonchev–Trinajstić information content (AvgIpc) is 3.05. The summed E-state index contributed by atoms with van der Waals surface area (Å²) in [5, 5.41) is 12.6. The first-order valence-electron chi connectivity index (χ1n) is 6.06. The Bertz CT molecular complexity index is 687. The summed E-state index contributed by atoms with van der Waals surface area (Å²) in [4.78, 5) is 13.7. The number of aromatic nitrogens is 1. The van der Waals surface area contributed by atoms with E-state index < -0.39 is 0 Å². The highest BCUT2D eigenvalue weighted by Crippen LogP contribution is 2.41. The maximum absolute atomic E-state index is 12.1. The van der Waals surface area contributed by atoms with E-state index in [0.717, 1.165) is 5.56 Å². The first-order chi connectivity index (χ1) is 9.69. The van der Waals surface area contributed by atoms with Crippen molar-refractivity contribution in [3.8, 4) is 6.07 Å². The first kappa shape index (κ1) is 12.8. The average molecular weight is 285 g/mol. The molecule has 20 heavy (non-hydrogen) atoms. The zero-order chi connectivity index (χ0) is 14.1. The lowest BCUT2D eigenvalue weighted by Crippen LogP contribution is -2.28. The van der Waals surface area contributed by atoms with Gasteiger partial charge in [-0.05, 0) is 24.6 Å². The third-order valence-corrected chi connectivity index (χ3v) is 4.27. The van der Waals surface area contributed by atoms with Gasteiger partial charge in [-0.2, -0.15) is 5.26 Å². The molecule has 2 aromatic rings. The minimum atomic E-state index is -0.125. The highest BCUT2D eigenvalue weighted by atomic mass is 32.2. The SMILES string of the molecule is Cc1cc(N2C(=O)CSC2c2ccc(C#N)cc2)no1. The summed E-state index contributed by atoms with van der Waals surface area (Å²) in [6.07, 6.45) is 0. The van der Waals surface area contributed by atoms with Gasteiger partial charge in [-0.15, -0.1) is 11.8 Å². The fraction of sp³-hybridized carbons (Fsp3) is 0.214. The van der Waals surface area contributed by atoms with Crippen molar-refractivity contribution in [2.45, 2.75) is 12.3 Å². The van der Waals surface area contributed by atoms with Crippen LogP contribution in [0.15, 0.2) is 34.9 Å². The normalized spacial score (nSPS) is 18.3. The molecular formula is C14H11N3O2S. The summed E-state index contributed by atoms with van der Waals surface area (Å²) < 4.78 is 5.05. The Morgan fingerprint density at radius 1 is 1.45 bits per heavy atom. The Labute approximate surface area is 120 Å². The number of anilines is 1. The fourth-order valence-corrected chi connectivity index (χ4v) is 3.27. The van der Waals surface area contributed by atoms with Gasteiger partial charge in [-0.3, -0.25) is 9.69 Å². The highest BCUT2D eigenvalue weighted by molar-refractivity contribution is 8.00. The monoisotopic (exact) mass is 285 g/mol. The number of carbonyl (C=O) groups excluding carboxylic acids is 1. The van der Waals surface area contributed by atoms with Crippen molar-refractivity contribution in [2.24, 2.45) is 0 Å². The van der Waals surface area contributed by atoms with E-state index in [1.807, 2.05) is 12.1 Å². The molecule has 100 valence electrons. The van der Waals surface area contributed by atoms with Crippen molar-refractivity contribution >= 4 is 23.5 Å². The lowest BCUT2D eigenvalue weighted by atomic mass is 10.1. The van der Waals surface area contributed by atoms with Crippen LogP contribution in [0.3, 0.4) is 0 Å². The van der Waals surface area contributed by atoms with Gasteiger partial charge in [-0.1, -0.05) is 17.3 Å². The number of aryl methyl sites for hydroxylation is 1. The van der Waals surface area contributed by atoms with Gasteiger partial charge in [0.2, 0.25) is 5.91 Å². The van der Waals surface area contributed by atoms with Crippen LogP contribution in [-0.2, 0) is 4.79 Å². The van der Waals surface area contributed by atoms with Gasteiger partial charge < -0.3 is 4.52 Å². The topological polar surface area (TPSA) is 70.1 Å². The number of hydrogen-bond donors (Lipinski definition) is 0. The lowest BCUT2D eigenvalue weighted by molar-refractivity contribution is -0.115. The largest absolute Gasteiger partial charge is 0.360 e. The zero-order valence-electron chi connectivity index (χ0n) is 10.7. The molecule has 2 heterocycles. The van der Waals surface area contributed by atoms with Crippen LogP contribution in [-0.4, -0.2) is 16.8 Å². The molecule has 0 N–H and O–H groups in total. The number of carbonyl (C=O) groups is 1. The van der Waals surface area contributed by atoms with E-state index in [9.17, 15) is 4.79 Å². The minimum Gasteiger partial charge on any atom is -0.360 e. The molecule has 1 aromatic heterocycles. The molecule has 5 nitrogen and oxygen atoms in total. The van der Waals surface area contributed by atoms with Gasteiger partial charge in [0.25, 0.3) is 0 Å². The number of rotatable bonds is 2. The maximum atomic E-state index is 12.1. The summed E-state index contributed by atoms with van der Waals surface area (Å²) in [6, 6.07) is 11.1. The molecule has 3 rings (SSSR count). The van der Waals surface area contributed by atoms with Crippen molar-refractivity contribution in [3.05, 3.63) is 47.2 Å². The molecule has 1 aliphatic heterocycles. The summed E-state index contributed by atoms with van der Waals surface area (Å²) in [6.45, 7) is 1.79. The molecule has 6 heteroatoms.